The number of hydrogen-bond donors (Lipinski definition) is 0. The van der Waals surface area contributed by atoms with Crippen LogP contribution in [0.5, 0.6) is 0 Å². The van der Waals surface area contributed by atoms with Gasteiger partial charge in [-0.3, -0.25) is 0 Å². The fourth-order valence-electron chi connectivity index (χ4n) is 0.891. The molecule has 0 N–H and O–H groups in total. The van der Waals surface area contributed by atoms with Crippen molar-refractivity contribution in [3.8, 4) is 6.57 Å². The van der Waals surface area contributed by atoms with Gasteiger partial charge in [0.25, 0.3) is 0 Å². The highest BCUT2D eigenvalue weighted by Crippen LogP contribution is 2.39. The van der Waals surface area contributed by atoms with E-state index in [4.69, 9.17) is 9.68 Å². The molecular weight excluding hydrogens is 126 g/mol. The van der Waals surface area contributed by atoms with E-state index in [-0.39, 0.29) is 0 Å². The van der Waals surface area contributed by atoms with Crippen LogP contribution < -0.4 is 0 Å². The van der Waals surface area contributed by atoms with Crippen molar-refractivity contribution in [1.29, 1.82) is 5.26 Å². The van der Waals surface area contributed by atoms with E-state index in [1.807, 2.05) is 6.07 Å². The Balaban J connectivity index is 0.000000231. The molecule has 10 heavy (non-hydrogen) atoms. The lowest BCUT2D eigenvalue weighted by Crippen LogP contribution is -1.66. The molecule has 0 aromatic carbocycles. The monoisotopic (exact) mass is 135 g/mol. The molecule has 1 saturated carbocycles. The van der Waals surface area contributed by atoms with Crippen LogP contribution in [0.15, 0.2) is 22.8 Å². The number of hydrogen-bond acceptors (Lipinski definition) is 2. The molecule has 0 aliphatic heterocycles. The molecule has 0 atom stereocenters. The Bertz CT molecular complexity index is 196. The SMILES string of the molecule is C#N.c1coc(C2CC2)c1. The topological polar surface area (TPSA) is 36.9 Å². The Morgan fingerprint density at radius 2 is 2.20 bits per heavy atom. The summed E-state index contributed by atoms with van der Waals surface area (Å²) in [6.45, 7) is 3.50. The van der Waals surface area contributed by atoms with Crippen molar-refractivity contribution in [1.82, 2.24) is 0 Å². The first-order valence-electron chi connectivity index (χ1n) is 3.26. The summed E-state index contributed by atoms with van der Waals surface area (Å²) in [6, 6.07) is 4.01. The molecule has 0 radical (unpaired) electrons. The van der Waals surface area contributed by atoms with Gasteiger partial charge in [-0.05, 0) is 25.0 Å². The Morgan fingerprint density at radius 1 is 1.50 bits per heavy atom. The summed E-state index contributed by atoms with van der Waals surface area (Å²) >= 11 is 0. The molecule has 1 aromatic rings. The number of rotatable bonds is 1. The quantitative estimate of drug-likeness (QED) is 0.592. The molecule has 1 aromatic heterocycles. The van der Waals surface area contributed by atoms with Gasteiger partial charge < -0.3 is 4.42 Å². The van der Waals surface area contributed by atoms with Crippen LogP contribution in [0.4, 0.5) is 0 Å². The van der Waals surface area contributed by atoms with Gasteiger partial charge in [0.05, 0.1) is 6.26 Å². The van der Waals surface area contributed by atoms with Crippen molar-refractivity contribution in [2.45, 2.75) is 18.8 Å². The summed E-state index contributed by atoms with van der Waals surface area (Å²) in [7, 11) is 0. The average Bonchev–Trinajstić information content (AvgIpc) is 2.72. The molecule has 0 bridgehead atoms. The van der Waals surface area contributed by atoms with Crippen LogP contribution in [0.2, 0.25) is 0 Å². The van der Waals surface area contributed by atoms with E-state index >= 15 is 0 Å². The van der Waals surface area contributed by atoms with E-state index in [1.54, 1.807) is 6.26 Å². The third kappa shape index (κ3) is 1.38. The maximum absolute atomic E-state index is 6.50. The minimum Gasteiger partial charge on any atom is -0.469 e. The standard InChI is InChI=1S/C7H8O.CHN/c1-2-7(8-5-1)6-3-4-6;1-2/h1-2,5-6H,3-4H2;1H. The zero-order valence-electron chi connectivity index (χ0n) is 5.66. The molecule has 1 aliphatic carbocycles. The maximum atomic E-state index is 6.50. The molecule has 0 unspecified atom stereocenters. The zero-order chi connectivity index (χ0) is 7.40. The van der Waals surface area contributed by atoms with Gasteiger partial charge in [0, 0.05) is 12.5 Å². The molecular formula is C8H9NO. The second-order valence-electron chi connectivity index (χ2n) is 2.29. The number of nitrogens with zero attached hydrogens (tertiary/aromatic N) is 1. The molecule has 0 saturated heterocycles. The summed E-state index contributed by atoms with van der Waals surface area (Å²) in [5.41, 5.74) is 0. The summed E-state index contributed by atoms with van der Waals surface area (Å²) in [6.07, 6.45) is 4.40. The second-order valence-corrected chi connectivity index (χ2v) is 2.29. The first-order valence-corrected chi connectivity index (χ1v) is 3.26. The fourth-order valence-corrected chi connectivity index (χ4v) is 0.891. The van der Waals surface area contributed by atoms with E-state index in [1.165, 1.54) is 18.6 Å². The van der Waals surface area contributed by atoms with E-state index in [9.17, 15) is 0 Å². The summed E-state index contributed by atoms with van der Waals surface area (Å²) in [4.78, 5) is 0. The van der Waals surface area contributed by atoms with Crippen molar-refractivity contribution in [2.75, 3.05) is 0 Å². The normalized spacial score (nSPS) is 15.4. The smallest absolute Gasteiger partial charge is 0.106 e. The molecule has 52 valence electrons. The van der Waals surface area contributed by atoms with Crippen molar-refractivity contribution >= 4 is 0 Å². The molecule has 0 spiro atoms. The predicted molar refractivity (Wildman–Crippen MR) is 37.4 cm³/mol. The molecule has 2 nitrogen and oxygen atoms in total. The Morgan fingerprint density at radius 3 is 2.60 bits per heavy atom. The molecule has 2 heteroatoms. The summed E-state index contributed by atoms with van der Waals surface area (Å²) < 4.78 is 5.16. The van der Waals surface area contributed by atoms with Gasteiger partial charge in [0.2, 0.25) is 0 Å². The van der Waals surface area contributed by atoms with Gasteiger partial charge in [-0.25, -0.2) is 5.26 Å². The second kappa shape index (κ2) is 3.07. The Labute approximate surface area is 60.1 Å². The zero-order valence-corrected chi connectivity index (χ0v) is 5.66. The fraction of sp³-hybridized carbons (Fsp3) is 0.375. The molecule has 2 rings (SSSR count). The highest BCUT2D eigenvalue weighted by molar-refractivity contribution is 5.10. The van der Waals surface area contributed by atoms with E-state index in [0.717, 1.165) is 5.92 Å². The minimum atomic E-state index is 0.769. The molecule has 0 amide bonds. The van der Waals surface area contributed by atoms with Crippen LogP contribution in [0, 0.1) is 11.8 Å². The van der Waals surface area contributed by atoms with Gasteiger partial charge in [-0.2, -0.15) is 0 Å². The first kappa shape index (κ1) is 6.88. The maximum Gasteiger partial charge on any atom is 0.106 e. The van der Waals surface area contributed by atoms with E-state index in [0.29, 0.717) is 0 Å². The van der Waals surface area contributed by atoms with Crippen molar-refractivity contribution in [3.05, 3.63) is 24.2 Å². The average molecular weight is 135 g/mol. The van der Waals surface area contributed by atoms with Crippen molar-refractivity contribution < 1.29 is 4.42 Å². The van der Waals surface area contributed by atoms with Gasteiger partial charge >= 0.3 is 0 Å². The van der Waals surface area contributed by atoms with Crippen molar-refractivity contribution in [3.63, 3.8) is 0 Å². The number of nitriles is 1. The molecule has 1 fully saturated rings. The van der Waals surface area contributed by atoms with Crippen LogP contribution in [-0.4, -0.2) is 0 Å². The largest absolute Gasteiger partial charge is 0.469 e. The lowest BCUT2D eigenvalue weighted by Gasteiger charge is -1.82. The van der Waals surface area contributed by atoms with E-state index in [2.05, 4.69) is 12.6 Å². The Hall–Kier alpha value is -1.23. The highest BCUT2D eigenvalue weighted by Gasteiger charge is 2.25. The third-order valence-electron chi connectivity index (χ3n) is 1.52. The van der Waals surface area contributed by atoms with Crippen LogP contribution in [0.25, 0.3) is 0 Å². The van der Waals surface area contributed by atoms with Gasteiger partial charge in [-0.15, -0.1) is 0 Å². The van der Waals surface area contributed by atoms with Gasteiger partial charge in [0.15, 0.2) is 0 Å². The highest BCUT2D eigenvalue weighted by atomic mass is 16.3. The van der Waals surface area contributed by atoms with E-state index < -0.39 is 0 Å². The molecule has 1 aliphatic rings. The first-order chi connectivity index (χ1) is 4.97. The molecule has 1 heterocycles. The lowest BCUT2D eigenvalue weighted by atomic mass is 10.3. The Kier molecular flexibility index (Phi) is 2.11. The van der Waals surface area contributed by atoms with Crippen molar-refractivity contribution in [2.24, 2.45) is 0 Å². The van der Waals surface area contributed by atoms with Crippen LogP contribution in [0.1, 0.15) is 24.5 Å². The van der Waals surface area contributed by atoms with Gasteiger partial charge in [-0.1, -0.05) is 0 Å². The predicted octanol–water partition coefficient (Wildman–Crippen LogP) is 2.30. The summed E-state index contributed by atoms with van der Waals surface area (Å²) in [5.74, 6) is 1.94. The minimum absolute atomic E-state index is 0.769. The van der Waals surface area contributed by atoms with Crippen LogP contribution in [0.3, 0.4) is 0 Å². The van der Waals surface area contributed by atoms with Gasteiger partial charge in [0.1, 0.15) is 5.76 Å². The number of furan rings is 1. The lowest BCUT2D eigenvalue weighted by molar-refractivity contribution is 0.512. The van der Waals surface area contributed by atoms with Crippen LogP contribution >= 0.6 is 0 Å². The third-order valence-corrected chi connectivity index (χ3v) is 1.52. The van der Waals surface area contributed by atoms with Crippen LogP contribution in [-0.2, 0) is 0 Å². The summed E-state index contributed by atoms with van der Waals surface area (Å²) in [5, 5.41) is 6.50.